The monoisotopic (exact) mass is 238 g/mol. The average molecular weight is 238 g/mol. The topological polar surface area (TPSA) is 24.9 Å². The van der Waals surface area contributed by atoms with E-state index in [1.54, 1.807) is 0 Å². The number of nitrogens with one attached hydrogen (secondary N) is 1. The molecule has 3 rings (SSSR count). The van der Waals surface area contributed by atoms with Crippen molar-refractivity contribution in [1.82, 2.24) is 4.98 Å². The fourth-order valence-corrected chi connectivity index (χ4v) is 2.59. The van der Waals surface area contributed by atoms with Crippen LogP contribution in [0.5, 0.6) is 0 Å². The molecule has 1 aliphatic carbocycles. The Labute approximate surface area is 108 Å². The molecule has 2 aromatic rings. The van der Waals surface area contributed by atoms with Crippen LogP contribution in [0.25, 0.3) is 0 Å². The van der Waals surface area contributed by atoms with Crippen molar-refractivity contribution < 1.29 is 0 Å². The van der Waals surface area contributed by atoms with E-state index in [-0.39, 0.29) is 0 Å². The van der Waals surface area contributed by atoms with Crippen LogP contribution in [0, 0.1) is 13.8 Å². The Hall–Kier alpha value is -1.83. The van der Waals surface area contributed by atoms with Crippen LogP contribution in [0.15, 0.2) is 36.5 Å². The Balaban J connectivity index is 1.84. The van der Waals surface area contributed by atoms with Crippen molar-refractivity contribution >= 4 is 5.69 Å². The number of aryl methyl sites for hydroxylation is 3. The van der Waals surface area contributed by atoms with Gasteiger partial charge in [0.15, 0.2) is 0 Å². The first kappa shape index (κ1) is 11.3. The fourth-order valence-electron chi connectivity index (χ4n) is 2.59. The number of pyridine rings is 1. The van der Waals surface area contributed by atoms with Crippen molar-refractivity contribution in [1.29, 1.82) is 0 Å². The summed E-state index contributed by atoms with van der Waals surface area (Å²) in [7, 11) is 0. The van der Waals surface area contributed by atoms with Crippen molar-refractivity contribution in [3.63, 3.8) is 0 Å². The van der Waals surface area contributed by atoms with Gasteiger partial charge in [0.25, 0.3) is 0 Å². The SMILES string of the molecule is Cc1ccc(NC2CCc3cccnc32)cc1C. The molecule has 1 N–H and O–H groups in total. The summed E-state index contributed by atoms with van der Waals surface area (Å²) in [6.07, 6.45) is 4.16. The maximum absolute atomic E-state index is 4.51. The van der Waals surface area contributed by atoms with Crippen molar-refractivity contribution in [2.24, 2.45) is 0 Å². The summed E-state index contributed by atoms with van der Waals surface area (Å²) < 4.78 is 0. The minimum atomic E-state index is 0.364. The van der Waals surface area contributed by atoms with Crippen LogP contribution in [0.1, 0.15) is 34.8 Å². The van der Waals surface area contributed by atoms with E-state index in [1.165, 1.54) is 28.1 Å². The van der Waals surface area contributed by atoms with Gasteiger partial charge in [0.05, 0.1) is 11.7 Å². The van der Waals surface area contributed by atoms with E-state index >= 15 is 0 Å². The standard InChI is InChI=1S/C16H18N2/c1-11-5-7-14(10-12(11)2)18-15-8-6-13-4-3-9-17-16(13)15/h3-5,7,9-10,15,18H,6,8H2,1-2H3. The van der Waals surface area contributed by atoms with Gasteiger partial charge in [-0.3, -0.25) is 4.98 Å². The summed E-state index contributed by atoms with van der Waals surface area (Å²) in [5.41, 5.74) is 6.47. The Morgan fingerprint density at radius 2 is 2.06 bits per heavy atom. The molecular weight excluding hydrogens is 220 g/mol. The van der Waals surface area contributed by atoms with E-state index in [4.69, 9.17) is 0 Å². The van der Waals surface area contributed by atoms with Crippen molar-refractivity contribution in [3.8, 4) is 0 Å². The lowest BCUT2D eigenvalue weighted by molar-refractivity contribution is 0.746. The second kappa shape index (κ2) is 4.45. The van der Waals surface area contributed by atoms with Crippen molar-refractivity contribution in [3.05, 3.63) is 58.9 Å². The lowest BCUT2D eigenvalue weighted by atomic mass is 10.1. The second-order valence-electron chi connectivity index (χ2n) is 5.08. The van der Waals surface area contributed by atoms with Gasteiger partial charge in [-0.05, 0) is 61.6 Å². The van der Waals surface area contributed by atoms with E-state index in [0.717, 1.165) is 12.8 Å². The zero-order valence-corrected chi connectivity index (χ0v) is 10.9. The highest BCUT2D eigenvalue weighted by molar-refractivity contribution is 5.50. The Morgan fingerprint density at radius 3 is 2.89 bits per heavy atom. The van der Waals surface area contributed by atoms with Gasteiger partial charge in [0.2, 0.25) is 0 Å². The van der Waals surface area contributed by atoms with E-state index in [1.807, 2.05) is 12.3 Å². The predicted molar refractivity (Wildman–Crippen MR) is 74.8 cm³/mol. The minimum absolute atomic E-state index is 0.364. The molecule has 1 aromatic carbocycles. The second-order valence-corrected chi connectivity index (χ2v) is 5.08. The third-order valence-corrected chi connectivity index (χ3v) is 3.81. The molecule has 2 heteroatoms. The molecular formula is C16H18N2. The van der Waals surface area contributed by atoms with Crippen molar-refractivity contribution in [2.45, 2.75) is 32.7 Å². The molecule has 0 saturated carbocycles. The van der Waals surface area contributed by atoms with Gasteiger partial charge in [-0.1, -0.05) is 12.1 Å². The third-order valence-electron chi connectivity index (χ3n) is 3.81. The molecule has 1 aliphatic rings. The lowest BCUT2D eigenvalue weighted by Gasteiger charge is -2.15. The third kappa shape index (κ3) is 1.99. The fraction of sp³-hybridized carbons (Fsp3) is 0.312. The number of fused-ring (bicyclic) bond motifs is 1. The quantitative estimate of drug-likeness (QED) is 0.860. The van der Waals surface area contributed by atoms with Gasteiger partial charge < -0.3 is 5.32 Å². The van der Waals surface area contributed by atoms with E-state index in [2.05, 4.69) is 48.4 Å². The molecule has 1 aromatic heterocycles. The summed E-state index contributed by atoms with van der Waals surface area (Å²) in [5, 5.41) is 3.60. The predicted octanol–water partition coefficient (Wildman–Crippen LogP) is 3.80. The average Bonchev–Trinajstić information content (AvgIpc) is 2.78. The smallest absolute Gasteiger partial charge is 0.0691 e. The summed E-state index contributed by atoms with van der Waals surface area (Å²) in [6, 6.07) is 11.1. The summed E-state index contributed by atoms with van der Waals surface area (Å²) in [6.45, 7) is 4.30. The number of aromatic nitrogens is 1. The molecule has 0 spiro atoms. The van der Waals surface area contributed by atoms with Gasteiger partial charge in [-0.2, -0.15) is 0 Å². The summed E-state index contributed by atoms with van der Waals surface area (Å²) >= 11 is 0. The maximum atomic E-state index is 4.51. The van der Waals surface area contributed by atoms with Crippen LogP contribution in [-0.2, 0) is 6.42 Å². The Bertz CT molecular complexity index is 575. The number of benzene rings is 1. The van der Waals surface area contributed by atoms with E-state index < -0.39 is 0 Å². The van der Waals surface area contributed by atoms with Gasteiger partial charge in [0.1, 0.15) is 0 Å². The Kier molecular flexibility index (Phi) is 2.78. The molecule has 0 saturated heterocycles. The molecule has 0 bridgehead atoms. The van der Waals surface area contributed by atoms with Gasteiger partial charge in [-0.25, -0.2) is 0 Å². The maximum Gasteiger partial charge on any atom is 0.0691 e. The molecule has 0 amide bonds. The first-order valence-corrected chi connectivity index (χ1v) is 6.51. The highest BCUT2D eigenvalue weighted by Crippen LogP contribution is 2.32. The highest BCUT2D eigenvalue weighted by Gasteiger charge is 2.23. The summed E-state index contributed by atoms with van der Waals surface area (Å²) in [4.78, 5) is 4.51. The minimum Gasteiger partial charge on any atom is -0.377 e. The molecule has 18 heavy (non-hydrogen) atoms. The molecule has 0 aliphatic heterocycles. The largest absolute Gasteiger partial charge is 0.377 e. The normalized spacial score (nSPS) is 17.6. The molecule has 1 unspecified atom stereocenters. The molecule has 0 fully saturated rings. The van der Waals surface area contributed by atoms with Crippen LogP contribution in [-0.4, -0.2) is 4.98 Å². The molecule has 1 heterocycles. The zero-order valence-electron chi connectivity index (χ0n) is 10.9. The van der Waals surface area contributed by atoms with Crippen LogP contribution >= 0.6 is 0 Å². The van der Waals surface area contributed by atoms with Gasteiger partial charge in [-0.15, -0.1) is 0 Å². The number of rotatable bonds is 2. The highest BCUT2D eigenvalue weighted by atomic mass is 15.0. The summed E-state index contributed by atoms with van der Waals surface area (Å²) in [5.74, 6) is 0. The lowest BCUT2D eigenvalue weighted by Crippen LogP contribution is -2.08. The van der Waals surface area contributed by atoms with E-state index in [9.17, 15) is 0 Å². The van der Waals surface area contributed by atoms with Gasteiger partial charge in [0, 0.05) is 11.9 Å². The Morgan fingerprint density at radius 1 is 1.17 bits per heavy atom. The van der Waals surface area contributed by atoms with Crippen LogP contribution in [0.3, 0.4) is 0 Å². The van der Waals surface area contributed by atoms with E-state index in [0.29, 0.717) is 6.04 Å². The van der Waals surface area contributed by atoms with Crippen LogP contribution in [0.2, 0.25) is 0 Å². The first-order valence-electron chi connectivity index (χ1n) is 6.51. The molecule has 92 valence electrons. The molecule has 2 nitrogen and oxygen atoms in total. The number of nitrogens with zero attached hydrogens (tertiary/aromatic N) is 1. The first-order chi connectivity index (χ1) is 8.74. The molecule has 1 atom stereocenters. The zero-order chi connectivity index (χ0) is 12.5. The molecule has 0 radical (unpaired) electrons. The number of hydrogen-bond donors (Lipinski definition) is 1. The number of anilines is 1. The number of hydrogen-bond acceptors (Lipinski definition) is 2. The van der Waals surface area contributed by atoms with Crippen molar-refractivity contribution in [2.75, 3.05) is 5.32 Å². The van der Waals surface area contributed by atoms with Crippen LogP contribution < -0.4 is 5.32 Å². The van der Waals surface area contributed by atoms with Gasteiger partial charge >= 0.3 is 0 Å². The van der Waals surface area contributed by atoms with Crippen LogP contribution in [0.4, 0.5) is 5.69 Å².